The van der Waals surface area contributed by atoms with E-state index in [4.69, 9.17) is 21.1 Å². The number of hydrogen-bond acceptors (Lipinski definition) is 7. The van der Waals surface area contributed by atoms with Crippen LogP contribution in [0, 0.1) is 5.82 Å². The van der Waals surface area contributed by atoms with Crippen LogP contribution >= 0.6 is 11.6 Å². The number of aromatic nitrogens is 2. The molecule has 0 aliphatic carbocycles. The molecule has 1 aromatic heterocycles. The van der Waals surface area contributed by atoms with Crippen molar-refractivity contribution in [1.29, 1.82) is 0 Å². The summed E-state index contributed by atoms with van der Waals surface area (Å²) in [5.74, 6) is -0.190. The quantitative estimate of drug-likeness (QED) is 0.360. The van der Waals surface area contributed by atoms with Gasteiger partial charge in [-0.15, -0.1) is 0 Å². The van der Waals surface area contributed by atoms with Gasteiger partial charge in [-0.2, -0.15) is 0 Å². The minimum absolute atomic E-state index is 0.218. The Hall–Kier alpha value is -3.76. The summed E-state index contributed by atoms with van der Waals surface area (Å²) in [6.45, 7) is 5.26. The standard InChI is InChI=1S/C30H33ClFN5O4/c1-4-26(20-11-21(32)14-23(12-20)40-3)35-28(38)17(2)37-16-19-6-5-18(13-24(19)29(37)39)27-25(31)15-33-30(36-27)34-22-7-9-41-10-8-22/h5-6,11-15,17,22,26H,4,7-10,16H2,1-3H3,(H,35,38)(H,33,34,36)/t17-,26-/m1/s1. The predicted molar refractivity (Wildman–Crippen MR) is 153 cm³/mol. The van der Waals surface area contributed by atoms with E-state index < -0.39 is 17.9 Å². The Labute approximate surface area is 243 Å². The number of carbonyl (C=O) groups excluding carboxylic acids is 2. The van der Waals surface area contributed by atoms with Gasteiger partial charge in [0.25, 0.3) is 5.91 Å². The van der Waals surface area contributed by atoms with Crippen LogP contribution in [0.15, 0.2) is 42.6 Å². The van der Waals surface area contributed by atoms with E-state index in [9.17, 15) is 14.0 Å². The Morgan fingerprint density at radius 2 is 2.02 bits per heavy atom. The Morgan fingerprint density at radius 1 is 1.24 bits per heavy atom. The highest BCUT2D eigenvalue weighted by Gasteiger charge is 2.35. The number of carbonyl (C=O) groups is 2. The monoisotopic (exact) mass is 581 g/mol. The number of nitrogens with one attached hydrogen (secondary N) is 2. The summed E-state index contributed by atoms with van der Waals surface area (Å²) in [4.78, 5) is 37.2. The highest BCUT2D eigenvalue weighted by atomic mass is 35.5. The van der Waals surface area contributed by atoms with Gasteiger partial charge in [-0.05, 0) is 55.5 Å². The van der Waals surface area contributed by atoms with Crippen LogP contribution in [0.4, 0.5) is 10.3 Å². The largest absolute Gasteiger partial charge is 0.497 e. The lowest BCUT2D eigenvalue weighted by atomic mass is 10.0. The van der Waals surface area contributed by atoms with Crippen LogP contribution in [0.5, 0.6) is 5.75 Å². The van der Waals surface area contributed by atoms with Gasteiger partial charge in [-0.1, -0.05) is 30.7 Å². The Balaban J connectivity index is 1.31. The van der Waals surface area contributed by atoms with Crippen LogP contribution in [0.25, 0.3) is 11.3 Å². The molecule has 0 saturated carbocycles. The van der Waals surface area contributed by atoms with Crippen LogP contribution in [-0.4, -0.2) is 59.1 Å². The Bertz CT molecular complexity index is 1450. The molecule has 216 valence electrons. The summed E-state index contributed by atoms with van der Waals surface area (Å²) >= 11 is 6.47. The van der Waals surface area contributed by atoms with Gasteiger partial charge in [0, 0.05) is 43.0 Å². The average molecular weight is 582 g/mol. The number of hydrogen-bond donors (Lipinski definition) is 2. The SMILES string of the molecule is CC[C@@H](NC(=O)[C@@H](C)N1Cc2ccc(-c3nc(NC4CCOCC4)ncc3Cl)cc2C1=O)c1cc(F)cc(OC)c1. The average Bonchev–Trinajstić information content (AvgIpc) is 3.31. The summed E-state index contributed by atoms with van der Waals surface area (Å²) in [6.07, 6.45) is 3.82. The second kappa shape index (κ2) is 12.4. The molecule has 2 atom stereocenters. The fourth-order valence-electron chi connectivity index (χ4n) is 5.21. The highest BCUT2D eigenvalue weighted by molar-refractivity contribution is 6.33. The van der Waals surface area contributed by atoms with Crippen LogP contribution in [0.1, 0.15) is 60.6 Å². The molecule has 3 heterocycles. The maximum atomic E-state index is 14.1. The first-order chi connectivity index (χ1) is 19.8. The van der Waals surface area contributed by atoms with Crippen molar-refractivity contribution in [2.45, 2.75) is 57.8 Å². The van der Waals surface area contributed by atoms with Gasteiger partial charge in [0.2, 0.25) is 11.9 Å². The first-order valence-electron chi connectivity index (χ1n) is 13.7. The molecule has 0 bridgehead atoms. The van der Waals surface area contributed by atoms with Gasteiger partial charge in [-0.25, -0.2) is 14.4 Å². The molecule has 2 aliphatic heterocycles. The fraction of sp³-hybridized carbons (Fsp3) is 0.400. The maximum absolute atomic E-state index is 14.1. The Morgan fingerprint density at radius 3 is 2.76 bits per heavy atom. The normalized spacial score (nSPS) is 16.7. The zero-order chi connectivity index (χ0) is 29.1. The van der Waals surface area contributed by atoms with E-state index in [0.717, 1.165) is 18.4 Å². The van der Waals surface area contributed by atoms with Gasteiger partial charge >= 0.3 is 0 Å². The topological polar surface area (TPSA) is 106 Å². The number of fused-ring (bicyclic) bond motifs is 1. The third-order valence-corrected chi connectivity index (χ3v) is 7.89. The van der Waals surface area contributed by atoms with Gasteiger partial charge in [0.15, 0.2) is 0 Å². The van der Waals surface area contributed by atoms with Gasteiger partial charge in [-0.3, -0.25) is 9.59 Å². The van der Waals surface area contributed by atoms with Crippen LogP contribution in [-0.2, 0) is 16.1 Å². The summed E-state index contributed by atoms with van der Waals surface area (Å²) in [5, 5.41) is 6.68. The molecule has 5 rings (SSSR count). The molecule has 2 N–H and O–H groups in total. The minimum Gasteiger partial charge on any atom is -0.497 e. The molecular formula is C30H33ClFN5O4. The number of rotatable bonds is 9. The third kappa shape index (κ3) is 6.28. The molecule has 11 heteroatoms. The van der Waals surface area contributed by atoms with Gasteiger partial charge < -0.3 is 25.0 Å². The third-order valence-electron chi connectivity index (χ3n) is 7.62. The maximum Gasteiger partial charge on any atom is 0.255 e. The summed E-state index contributed by atoms with van der Waals surface area (Å²) < 4.78 is 24.7. The molecule has 9 nitrogen and oxygen atoms in total. The zero-order valence-corrected chi connectivity index (χ0v) is 24.0. The van der Waals surface area contributed by atoms with Crippen molar-refractivity contribution in [3.05, 3.63) is 70.1 Å². The molecule has 0 unspecified atom stereocenters. The first-order valence-corrected chi connectivity index (χ1v) is 14.1. The molecule has 0 spiro atoms. The zero-order valence-electron chi connectivity index (χ0n) is 23.2. The summed E-state index contributed by atoms with van der Waals surface area (Å²) in [5.41, 5.74) is 3.11. The second-order valence-electron chi connectivity index (χ2n) is 10.3. The fourth-order valence-corrected chi connectivity index (χ4v) is 5.41. The van der Waals surface area contributed by atoms with Crippen LogP contribution in [0.3, 0.4) is 0 Å². The van der Waals surface area contributed by atoms with Crippen molar-refractivity contribution in [3.8, 4) is 17.0 Å². The van der Waals surface area contributed by atoms with E-state index in [1.165, 1.54) is 24.1 Å². The lowest BCUT2D eigenvalue weighted by Crippen LogP contribution is -2.46. The van der Waals surface area contributed by atoms with Crippen molar-refractivity contribution < 1.29 is 23.5 Å². The van der Waals surface area contributed by atoms with E-state index in [0.29, 0.717) is 65.3 Å². The first kappa shape index (κ1) is 28.8. The van der Waals surface area contributed by atoms with Crippen molar-refractivity contribution in [2.75, 3.05) is 25.6 Å². The van der Waals surface area contributed by atoms with E-state index in [1.54, 1.807) is 25.3 Å². The van der Waals surface area contributed by atoms with Crippen molar-refractivity contribution >= 4 is 29.4 Å². The number of ether oxygens (including phenoxy) is 2. The lowest BCUT2D eigenvalue weighted by molar-refractivity contribution is -0.126. The second-order valence-corrected chi connectivity index (χ2v) is 10.7. The summed E-state index contributed by atoms with van der Waals surface area (Å²) in [6, 6.07) is 8.89. The lowest BCUT2D eigenvalue weighted by Gasteiger charge is -2.26. The van der Waals surface area contributed by atoms with Crippen LogP contribution < -0.4 is 15.4 Å². The van der Waals surface area contributed by atoms with E-state index in [1.807, 2.05) is 19.1 Å². The van der Waals surface area contributed by atoms with Gasteiger partial charge in [0.05, 0.1) is 30.1 Å². The van der Waals surface area contributed by atoms with E-state index in [2.05, 4.69) is 20.6 Å². The van der Waals surface area contributed by atoms with Crippen molar-refractivity contribution in [1.82, 2.24) is 20.2 Å². The molecule has 2 aliphatic rings. The predicted octanol–water partition coefficient (Wildman–Crippen LogP) is 5.15. The smallest absolute Gasteiger partial charge is 0.255 e. The molecule has 1 saturated heterocycles. The molecule has 1 fully saturated rings. The molecule has 2 aromatic carbocycles. The van der Waals surface area contributed by atoms with E-state index in [-0.39, 0.29) is 17.9 Å². The summed E-state index contributed by atoms with van der Waals surface area (Å²) in [7, 11) is 1.46. The molecule has 2 amide bonds. The number of benzene rings is 2. The Kier molecular flexibility index (Phi) is 8.70. The van der Waals surface area contributed by atoms with Gasteiger partial charge in [0.1, 0.15) is 17.6 Å². The number of halogens is 2. The van der Waals surface area contributed by atoms with Crippen molar-refractivity contribution in [2.24, 2.45) is 0 Å². The van der Waals surface area contributed by atoms with Crippen molar-refractivity contribution in [3.63, 3.8) is 0 Å². The molecule has 0 radical (unpaired) electrons. The number of amides is 2. The number of methoxy groups -OCH3 is 1. The molecule has 41 heavy (non-hydrogen) atoms. The highest BCUT2D eigenvalue weighted by Crippen LogP contribution is 2.33. The molecule has 3 aromatic rings. The van der Waals surface area contributed by atoms with E-state index >= 15 is 0 Å². The number of anilines is 1. The van der Waals surface area contributed by atoms with Crippen LogP contribution in [0.2, 0.25) is 5.02 Å². The minimum atomic E-state index is -0.749. The number of nitrogens with zero attached hydrogens (tertiary/aromatic N) is 3. The molecular weight excluding hydrogens is 549 g/mol.